The van der Waals surface area contributed by atoms with Crippen LogP contribution >= 0.6 is 11.8 Å². The highest BCUT2D eigenvalue weighted by atomic mass is 32.2. The van der Waals surface area contributed by atoms with Gasteiger partial charge in [0, 0.05) is 38.4 Å². The fourth-order valence-electron chi connectivity index (χ4n) is 2.93. The van der Waals surface area contributed by atoms with Gasteiger partial charge in [0.15, 0.2) is 11.6 Å². The van der Waals surface area contributed by atoms with Crippen LogP contribution in [0.4, 0.5) is 5.82 Å². The smallest absolute Gasteiger partial charge is 0.294 e. The number of benzene rings is 1. The van der Waals surface area contributed by atoms with Crippen LogP contribution in [0.3, 0.4) is 0 Å². The Labute approximate surface area is 186 Å². The fourth-order valence-corrected chi connectivity index (χ4v) is 3.79. The van der Waals surface area contributed by atoms with Gasteiger partial charge in [0.1, 0.15) is 6.04 Å². The minimum atomic E-state index is -0.709. The van der Waals surface area contributed by atoms with E-state index in [-0.39, 0.29) is 29.6 Å². The largest absolute Gasteiger partial charge is 0.385 e. The molecule has 2 rings (SSSR count). The normalized spacial score (nSPS) is 11.7. The van der Waals surface area contributed by atoms with E-state index in [2.05, 4.69) is 15.6 Å². The molecule has 1 unspecified atom stereocenters. The lowest BCUT2D eigenvalue weighted by Crippen LogP contribution is -2.40. The number of hydrogen-bond acceptors (Lipinski definition) is 7. The summed E-state index contributed by atoms with van der Waals surface area (Å²) < 4.78 is 6.35. The Morgan fingerprint density at radius 3 is 2.74 bits per heavy atom. The average Bonchev–Trinajstić information content (AvgIpc) is 2.78. The third-order valence-electron chi connectivity index (χ3n) is 4.55. The fraction of sp³-hybridized carbons (Fsp3) is 0.455. The standard InChI is InChI=1S/C22H30N4O4S/c1-3-19(26-12-11-24-20(22(26)29)23-10-7-13-30-2)21(28)25-14-18(27)16-31-15-17-8-5-4-6-9-17/h4-6,8-9,11-12,19H,3,7,10,13-16H2,1-2H3,(H,23,24)(H,25,28). The van der Waals surface area contributed by atoms with E-state index >= 15 is 0 Å². The van der Waals surface area contributed by atoms with E-state index in [9.17, 15) is 14.4 Å². The van der Waals surface area contributed by atoms with Crippen LogP contribution in [0.1, 0.15) is 31.4 Å². The van der Waals surface area contributed by atoms with Crippen LogP contribution in [0.25, 0.3) is 0 Å². The number of aromatic nitrogens is 2. The monoisotopic (exact) mass is 446 g/mol. The van der Waals surface area contributed by atoms with E-state index < -0.39 is 6.04 Å². The number of thioether (sulfide) groups is 1. The van der Waals surface area contributed by atoms with E-state index in [1.165, 1.54) is 28.7 Å². The molecule has 0 spiro atoms. The summed E-state index contributed by atoms with van der Waals surface area (Å²) in [6.07, 6.45) is 4.12. The lowest BCUT2D eigenvalue weighted by Gasteiger charge is -2.18. The van der Waals surface area contributed by atoms with E-state index in [1.807, 2.05) is 37.3 Å². The molecule has 0 aliphatic rings. The van der Waals surface area contributed by atoms with Crippen molar-refractivity contribution in [2.75, 3.05) is 37.9 Å². The second kappa shape index (κ2) is 13.6. The highest BCUT2D eigenvalue weighted by molar-refractivity contribution is 7.99. The van der Waals surface area contributed by atoms with Crippen molar-refractivity contribution in [1.29, 1.82) is 0 Å². The third kappa shape index (κ3) is 8.18. The Bertz CT molecular complexity index is 889. The summed E-state index contributed by atoms with van der Waals surface area (Å²) >= 11 is 1.51. The number of anilines is 1. The zero-order chi connectivity index (χ0) is 22.5. The van der Waals surface area contributed by atoms with Crippen molar-refractivity contribution in [3.63, 3.8) is 0 Å². The molecule has 0 aliphatic carbocycles. The molecule has 0 saturated heterocycles. The number of carbonyl (C=O) groups is 2. The van der Waals surface area contributed by atoms with Crippen LogP contribution in [0.2, 0.25) is 0 Å². The second-order valence-electron chi connectivity index (χ2n) is 6.92. The first-order valence-corrected chi connectivity index (χ1v) is 11.4. The van der Waals surface area contributed by atoms with Crippen molar-refractivity contribution in [2.24, 2.45) is 0 Å². The SMILES string of the molecule is CCC(C(=O)NCC(=O)CSCc1ccccc1)n1ccnc(NCCCOC)c1=O. The first-order valence-electron chi connectivity index (χ1n) is 10.3. The maximum absolute atomic E-state index is 12.7. The Morgan fingerprint density at radius 2 is 2.03 bits per heavy atom. The van der Waals surface area contributed by atoms with Gasteiger partial charge in [-0.05, 0) is 18.4 Å². The number of Topliss-reactive ketones (excluding diaryl/α,β-unsaturated/α-hetero) is 1. The molecular formula is C22H30N4O4S. The van der Waals surface area contributed by atoms with Crippen LogP contribution < -0.4 is 16.2 Å². The molecule has 8 nitrogen and oxygen atoms in total. The lowest BCUT2D eigenvalue weighted by atomic mass is 10.2. The average molecular weight is 447 g/mol. The quantitative estimate of drug-likeness (QED) is 0.429. The van der Waals surface area contributed by atoms with Crippen molar-refractivity contribution >= 4 is 29.3 Å². The number of nitrogens with zero attached hydrogens (tertiary/aromatic N) is 2. The second-order valence-corrected chi connectivity index (χ2v) is 7.91. The highest BCUT2D eigenvalue weighted by Gasteiger charge is 2.21. The first kappa shape index (κ1) is 24.6. The molecule has 1 aromatic heterocycles. The molecule has 1 heterocycles. The van der Waals surface area contributed by atoms with Crippen LogP contribution in [-0.4, -0.2) is 53.8 Å². The molecule has 2 aromatic rings. The maximum atomic E-state index is 12.7. The third-order valence-corrected chi connectivity index (χ3v) is 5.61. The Kier molecular flexibility index (Phi) is 10.8. The van der Waals surface area contributed by atoms with Crippen LogP contribution in [-0.2, 0) is 20.1 Å². The van der Waals surface area contributed by atoms with Gasteiger partial charge in [-0.3, -0.25) is 19.0 Å². The summed E-state index contributed by atoms with van der Waals surface area (Å²) in [4.78, 5) is 41.6. The van der Waals surface area contributed by atoms with Gasteiger partial charge in [0.05, 0.1) is 12.3 Å². The summed E-state index contributed by atoms with van der Waals surface area (Å²) in [5.41, 5.74) is 0.783. The van der Waals surface area contributed by atoms with Crippen molar-refractivity contribution in [3.05, 3.63) is 58.6 Å². The van der Waals surface area contributed by atoms with Crippen molar-refractivity contribution in [3.8, 4) is 0 Å². The number of rotatable bonds is 14. The van der Waals surface area contributed by atoms with Crippen molar-refractivity contribution < 1.29 is 14.3 Å². The van der Waals surface area contributed by atoms with E-state index in [0.717, 1.165) is 17.7 Å². The van der Waals surface area contributed by atoms with Gasteiger partial charge in [0.2, 0.25) is 5.91 Å². The first-order chi connectivity index (χ1) is 15.1. The molecular weight excluding hydrogens is 416 g/mol. The van der Waals surface area contributed by atoms with E-state index in [1.54, 1.807) is 7.11 Å². The van der Waals surface area contributed by atoms with Gasteiger partial charge in [-0.1, -0.05) is 37.3 Å². The summed E-state index contributed by atoms with van der Waals surface area (Å²) in [6, 6.07) is 9.19. The molecule has 1 amide bonds. The van der Waals surface area contributed by atoms with Gasteiger partial charge in [-0.25, -0.2) is 4.98 Å². The van der Waals surface area contributed by atoms with Gasteiger partial charge in [-0.15, -0.1) is 11.8 Å². The number of carbonyl (C=O) groups excluding carboxylic acids is 2. The predicted molar refractivity (Wildman–Crippen MR) is 123 cm³/mol. The molecule has 1 aromatic carbocycles. The van der Waals surface area contributed by atoms with Gasteiger partial charge >= 0.3 is 0 Å². The lowest BCUT2D eigenvalue weighted by molar-refractivity contribution is -0.127. The molecule has 0 fully saturated rings. The zero-order valence-corrected chi connectivity index (χ0v) is 18.8. The maximum Gasteiger partial charge on any atom is 0.294 e. The molecule has 2 N–H and O–H groups in total. The molecule has 0 saturated carbocycles. The van der Waals surface area contributed by atoms with Gasteiger partial charge in [0.25, 0.3) is 5.56 Å². The van der Waals surface area contributed by atoms with E-state index in [0.29, 0.717) is 25.3 Å². The number of hydrogen-bond donors (Lipinski definition) is 2. The molecule has 0 bridgehead atoms. The summed E-state index contributed by atoms with van der Waals surface area (Å²) in [5, 5.41) is 5.65. The number of ether oxygens (including phenoxy) is 1. The number of amides is 1. The van der Waals surface area contributed by atoms with Crippen LogP contribution in [0.15, 0.2) is 47.5 Å². The topological polar surface area (TPSA) is 102 Å². The molecule has 0 aliphatic heterocycles. The van der Waals surface area contributed by atoms with Gasteiger partial charge in [-0.2, -0.15) is 0 Å². The molecule has 1 atom stereocenters. The Hall–Kier alpha value is -2.65. The Morgan fingerprint density at radius 1 is 1.26 bits per heavy atom. The highest BCUT2D eigenvalue weighted by Crippen LogP contribution is 2.12. The van der Waals surface area contributed by atoms with Crippen LogP contribution in [0, 0.1) is 0 Å². The number of ketones is 1. The van der Waals surface area contributed by atoms with Gasteiger partial charge < -0.3 is 15.4 Å². The minimum absolute atomic E-state index is 0.0565. The summed E-state index contributed by atoms with van der Waals surface area (Å²) in [5.74, 6) is 0.828. The number of nitrogens with one attached hydrogen (secondary N) is 2. The molecule has 31 heavy (non-hydrogen) atoms. The van der Waals surface area contributed by atoms with Crippen LogP contribution in [0.5, 0.6) is 0 Å². The minimum Gasteiger partial charge on any atom is -0.385 e. The molecule has 0 radical (unpaired) electrons. The van der Waals surface area contributed by atoms with Crippen molar-refractivity contribution in [1.82, 2.24) is 14.9 Å². The molecule has 168 valence electrons. The van der Waals surface area contributed by atoms with E-state index in [4.69, 9.17) is 4.74 Å². The Balaban J connectivity index is 1.86. The zero-order valence-electron chi connectivity index (χ0n) is 18.0. The molecule has 9 heteroatoms. The summed E-state index contributed by atoms with van der Waals surface area (Å²) in [7, 11) is 1.62. The number of methoxy groups -OCH3 is 1. The predicted octanol–water partition coefficient (Wildman–Crippen LogP) is 2.26. The van der Waals surface area contributed by atoms with Crippen molar-refractivity contribution in [2.45, 2.75) is 31.6 Å². The summed E-state index contributed by atoms with van der Waals surface area (Å²) in [6.45, 7) is 2.88.